The van der Waals surface area contributed by atoms with Gasteiger partial charge in [0.25, 0.3) is 0 Å². The van der Waals surface area contributed by atoms with E-state index in [1.807, 2.05) is 25.1 Å². The number of pyridine rings is 1. The molecule has 5 nitrogen and oxygen atoms in total. The number of nitrogens with zero attached hydrogens (tertiary/aromatic N) is 1. The van der Waals surface area contributed by atoms with Gasteiger partial charge in [0.1, 0.15) is 5.00 Å². The highest BCUT2D eigenvalue weighted by Crippen LogP contribution is 2.28. The van der Waals surface area contributed by atoms with Gasteiger partial charge < -0.3 is 10.1 Å². The van der Waals surface area contributed by atoms with E-state index >= 15 is 0 Å². The normalized spacial score (nSPS) is 10.2. The first-order valence-electron chi connectivity index (χ1n) is 6.12. The molecule has 7 heteroatoms. The Balaban J connectivity index is 1.98. The molecule has 0 saturated heterocycles. The molecule has 2 aromatic heterocycles. The molecule has 0 saturated carbocycles. The van der Waals surface area contributed by atoms with E-state index in [0.717, 1.165) is 9.90 Å². The lowest BCUT2D eigenvalue weighted by atomic mass is 10.3. The van der Waals surface area contributed by atoms with Gasteiger partial charge in [-0.2, -0.15) is 0 Å². The van der Waals surface area contributed by atoms with E-state index in [-0.39, 0.29) is 11.7 Å². The summed E-state index contributed by atoms with van der Waals surface area (Å²) in [6.07, 6.45) is 1.68. The van der Waals surface area contributed by atoms with Crippen LogP contribution in [0.5, 0.6) is 0 Å². The number of hydrogen-bond donors (Lipinski definition) is 1. The molecule has 0 aliphatic carbocycles. The Bertz CT molecular complexity index is 641. The van der Waals surface area contributed by atoms with E-state index in [1.54, 1.807) is 12.3 Å². The molecule has 0 aliphatic rings. The van der Waals surface area contributed by atoms with Crippen LogP contribution in [-0.2, 0) is 9.53 Å². The number of carbonyl (C=O) groups excluding carboxylic acids is 2. The average molecular weight is 322 g/mol. The van der Waals surface area contributed by atoms with Crippen molar-refractivity contribution < 1.29 is 14.3 Å². The molecule has 110 valence electrons. The quantitative estimate of drug-likeness (QED) is 0.677. The zero-order chi connectivity index (χ0) is 15.2. The molecule has 21 heavy (non-hydrogen) atoms. The van der Waals surface area contributed by atoms with Crippen LogP contribution in [0.15, 0.2) is 35.5 Å². The van der Waals surface area contributed by atoms with Crippen molar-refractivity contribution in [1.29, 1.82) is 0 Å². The van der Waals surface area contributed by atoms with Crippen LogP contribution in [0.4, 0.5) is 5.00 Å². The van der Waals surface area contributed by atoms with E-state index in [9.17, 15) is 9.59 Å². The van der Waals surface area contributed by atoms with Gasteiger partial charge in [-0.05, 0) is 25.1 Å². The monoisotopic (exact) mass is 322 g/mol. The van der Waals surface area contributed by atoms with Crippen molar-refractivity contribution in [2.45, 2.75) is 11.9 Å². The minimum atomic E-state index is -0.452. The van der Waals surface area contributed by atoms with Gasteiger partial charge in [-0.25, -0.2) is 9.78 Å². The summed E-state index contributed by atoms with van der Waals surface area (Å²) in [5, 5.41) is 4.05. The van der Waals surface area contributed by atoms with Gasteiger partial charge in [0.2, 0.25) is 5.91 Å². The second-order valence-electron chi connectivity index (χ2n) is 4.10. The highest BCUT2D eigenvalue weighted by molar-refractivity contribution is 7.99. The molecule has 0 unspecified atom stereocenters. The molecule has 0 radical (unpaired) electrons. The lowest BCUT2D eigenvalue weighted by Gasteiger charge is -2.05. The molecule has 0 fully saturated rings. The first-order valence-corrected chi connectivity index (χ1v) is 7.93. The molecule has 2 heterocycles. The van der Waals surface area contributed by atoms with Crippen molar-refractivity contribution in [3.05, 3.63) is 40.9 Å². The Morgan fingerprint density at radius 2 is 2.24 bits per heavy atom. The smallest absolute Gasteiger partial charge is 0.340 e. The number of esters is 1. The third kappa shape index (κ3) is 4.30. The maximum Gasteiger partial charge on any atom is 0.340 e. The highest BCUT2D eigenvalue weighted by atomic mass is 32.2. The van der Waals surface area contributed by atoms with E-state index < -0.39 is 5.97 Å². The number of aryl methyl sites for hydroxylation is 1. The van der Waals surface area contributed by atoms with Crippen LogP contribution in [0.1, 0.15) is 15.2 Å². The van der Waals surface area contributed by atoms with Gasteiger partial charge in [0.05, 0.1) is 23.5 Å². The van der Waals surface area contributed by atoms with Crippen molar-refractivity contribution in [1.82, 2.24) is 4.98 Å². The predicted molar refractivity (Wildman–Crippen MR) is 84.0 cm³/mol. The van der Waals surface area contributed by atoms with Gasteiger partial charge in [0, 0.05) is 11.1 Å². The first kappa shape index (κ1) is 15.5. The Morgan fingerprint density at radius 3 is 2.90 bits per heavy atom. The number of methoxy groups -OCH3 is 1. The summed E-state index contributed by atoms with van der Waals surface area (Å²) >= 11 is 2.69. The fourth-order valence-corrected chi connectivity index (χ4v) is 3.18. The molecular weight excluding hydrogens is 308 g/mol. The summed E-state index contributed by atoms with van der Waals surface area (Å²) in [4.78, 5) is 28.6. The second-order valence-corrected chi connectivity index (χ2v) is 6.35. The third-order valence-corrected chi connectivity index (χ3v) is 4.41. The Hall–Kier alpha value is -1.86. The minimum Gasteiger partial charge on any atom is -0.465 e. The average Bonchev–Trinajstić information content (AvgIpc) is 2.86. The Morgan fingerprint density at radius 1 is 1.43 bits per heavy atom. The van der Waals surface area contributed by atoms with Crippen LogP contribution in [-0.4, -0.2) is 29.7 Å². The largest absolute Gasteiger partial charge is 0.465 e. The SMILES string of the molecule is COC(=O)c1cc(C)sc1NC(=O)CSc1ccccn1. The van der Waals surface area contributed by atoms with Crippen LogP contribution >= 0.6 is 23.1 Å². The number of thioether (sulfide) groups is 1. The molecule has 1 amide bonds. The van der Waals surface area contributed by atoms with Crippen molar-refractivity contribution in [3.8, 4) is 0 Å². The first-order chi connectivity index (χ1) is 10.1. The van der Waals surface area contributed by atoms with Gasteiger partial charge in [-0.1, -0.05) is 17.8 Å². The van der Waals surface area contributed by atoms with Crippen molar-refractivity contribution in [2.75, 3.05) is 18.2 Å². The molecule has 0 atom stereocenters. The van der Waals surface area contributed by atoms with E-state index in [4.69, 9.17) is 4.74 Å². The third-order valence-electron chi connectivity index (χ3n) is 2.50. The molecular formula is C14H14N2O3S2. The minimum absolute atomic E-state index is 0.183. The second kappa shape index (κ2) is 7.24. The number of ether oxygens (including phenoxy) is 1. The van der Waals surface area contributed by atoms with Crippen LogP contribution in [0.3, 0.4) is 0 Å². The summed E-state index contributed by atoms with van der Waals surface area (Å²) in [6, 6.07) is 7.23. The molecule has 2 aromatic rings. The number of anilines is 1. The summed E-state index contributed by atoms with van der Waals surface area (Å²) < 4.78 is 4.70. The zero-order valence-corrected chi connectivity index (χ0v) is 13.2. The number of hydrogen-bond acceptors (Lipinski definition) is 6. The summed E-state index contributed by atoms with van der Waals surface area (Å²) in [7, 11) is 1.32. The zero-order valence-electron chi connectivity index (χ0n) is 11.6. The van der Waals surface area contributed by atoms with Crippen LogP contribution in [0.25, 0.3) is 0 Å². The van der Waals surface area contributed by atoms with Crippen molar-refractivity contribution in [3.63, 3.8) is 0 Å². The van der Waals surface area contributed by atoms with Crippen LogP contribution in [0, 0.1) is 6.92 Å². The molecule has 0 bridgehead atoms. The Labute approximate surface area is 130 Å². The van der Waals surface area contributed by atoms with Crippen LogP contribution < -0.4 is 5.32 Å². The van der Waals surface area contributed by atoms with Crippen LogP contribution in [0.2, 0.25) is 0 Å². The number of thiophene rings is 1. The molecule has 0 aliphatic heterocycles. The number of aromatic nitrogens is 1. The maximum atomic E-state index is 12.0. The number of carbonyl (C=O) groups is 2. The maximum absolute atomic E-state index is 12.0. The number of amides is 1. The van der Waals surface area contributed by atoms with E-state index in [2.05, 4.69) is 10.3 Å². The Kier molecular flexibility index (Phi) is 5.35. The lowest BCUT2D eigenvalue weighted by molar-refractivity contribution is -0.113. The number of rotatable bonds is 5. The van der Waals surface area contributed by atoms with E-state index in [0.29, 0.717) is 10.6 Å². The van der Waals surface area contributed by atoms with Crippen molar-refractivity contribution >= 4 is 40.0 Å². The topological polar surface area (TPSA) is 68.3 Å². The standard InChI is InChI=1S/C14H14N2O3S2/c1-9-7-10(14(18)19-2)13(21-9)16-11(17)8-20-12-5-3-4-6-15-12/h3-7H,8H2,1-2H3,(H,16,17). The molecule has 1 N–H and O–H groups in total. The summed E-state index contributed by atoms with van der Waals surface area (Å²) in [5.41, 5.74) is 0.385. The summed E-state index contributed by atoms with van der Waals surface area (Å²) in [6.45, 7) is 1.87. The molecule has 2 rings (SSSR count). The lowest BCUT2D eigenvalue weighted by Crippen LogP contribution is -2.15. The number of nitrogens with one attached hydrogen (secondary N) is 1. The van der Waals surface area contributed by atoms with Gasteiger partial charge in [-0.15, -0.1) is 11.3 Å². The highest BCUT2D eigenvalue weighted by Gasteiger charge is 2.17. The van der Waals surface area contributed by atoms with Gasteiger partial charge in [0.15, 0.2) is 0 Å². The fourth-order valence-electron chi connectivity index (χ4n) is 1.60. The fraction of sp³-hybridized carbons (Fsp3) is 0.214. The van der Waals surface area contributed by atoms with Gasteiger partial charge >= 0.3 is 5.97 Å². The van der Waals surface area contributed by atoms with Crippen molar-refractivity contribution in [2.24, 2.45) is 0 Å². The van der Waals surface area contributed by atoms with E-state index in [1.165, 1.54) is 30.2 Å². The summed E-state index contributed by atoms with van der Waals surface area (Å²) in [5.74, 6) is -0.404. The molecule has 0 spiro atoms. The predicted octanol–water partition coefficient (Wildman–Crippen LogP) is 2.97. The van der Waals surface area contributed by atoms with Gasteiger partial charge in [-0.3, -0.25) is 4.79 Å². The molecule has 0 aromatic carbocycles.